The van der Waals surface area contributed by atoms with Crippen molar-refractivity contribution in [2.24, 2.45) is 0 Å². The second kappa shape index (κ2) is 9.25. The molecule has 2 heterocycles. The molecule has 2 aromatic carbocycles. The van der Waals surface area contributed by atoms with Crippen molar-refractivity contribution < 1.29 is 13.2 Å². The molecular weight excluding hydrogens is 432 g/mol. The molecule has 1 amide bonds. The van der Waals surface area contributed by atoms with E-state index in [-0.39, 0.29) is 4.90 Å². The molecule has 0 unspecified atom stereocenters. The topological polar surface area (TPSA) is 92.3 Å². The standard InChI is InChI=1S/C22H24N4O3S2/c1-16-11-12-18(31(28,29)26-13-7-2-3-8-14-26)15-19(16)20(27)23-22-25-24-21(30-22)17-9-5-4-6-10-17/h4-6,9-12,15H,2-3,7-8,13-14H2,1H3,(H,23,25,27). The van der Waals surface area contributed by atoms with E-state index in [0.29, 0.717) is 34.4 Å². The highest BCUT2D eigenvalue weighted by atomic mass is 32.2. The molecule has 0 radical (unpaired) electrons. The Labute approximate surface area is 186 Å². The quantitative estimate of drug-likeness (QED) is 0.617. The van der Waals surface area contributed by atoms with Crippen molar-refractivity contribution in [3.8, 4) is 10.6 Å². The predicted octanol–water partition coefficient (Wildman–Crippen LogP) is 4.33. The van der Waals surface area contributed by atoms with Crippen molar-refractivity contribution in [2.45, 2.75) is 37.5 Å². The molecule has 1 N–H and O–H groups in total. The van der Waals surface area contributed by atoms with Crippen molar-refractivity contribution in [2.75, 3.05) is 18.4 Å². The molecule has 0 saturated carbocycles. The number of benzene rings is 2. The van der Waals surface area contributed by atoms with E-state index in [9.17, 15) is 13.2 Å². The van der Waals surface area contributed by atoms with Crippen LogP contribution in [0.5, 0.6) is 0 Å². The predicted molar refractivity (Wildman–Crippen MR) is 122 cm³/mol. The Bertz CT molecular complexity index is 1170. The van der Waals surface area contributed by atoms with Gasteiger partial charge in [0.25, 0.3) is 5.91 Å². The first-order valence-electron chi connectivity index (χ1n) is 10.3. The first-order chi connectivity index (χ1) is 14.9. The summed E-state index contributed by atoms with van der Waals surface area (Å²) in [4.78, 5) is 13.1. The van der Waals surface area contributed by atoms with Crippen molar-refractivity contribution >= 4 is 32.4 Å². The van der Waals surface area contributed by atoms with Gasteiger partial charge in [-0.15, -0.1) is 10.2 Å². The van der Waals surface area contributed by atoms with Gasteiger partial charge in [-0.2, -0.15) is 4.31 Å². The Morgan fingerprint density at radius 1 is 1.00 bits per heavy atom. The van der Waals surface area contributed by atoms with Gasteiger partial charge in [0.05, 0.1) is 4.90 Å². The highest BCUT2D eigenvalue weighted by molar-refractivity contribution is 7.89. The number of amides is 1. The Balaban J connectivity index is 1.56. The van der Waals surface area contributed by atoms with Gasteiger partial charge >= 0.3 is 0 Å². The highest BCUT2D eigenvalue weighted by Gasteiger charge is 2.26. The number of hydrogen-bond acceptors (Lipinski definition) is 6. The van der Waals surface area contributed by atoms with Gasteiger partial charge < -0.3 is 0 Å². The zero-order chi connectivity index (χ0) is 21.8. The number of rotatable bonds is 5. The third-order valence-corrected chi connectivity index (χ3v) is 8.11. The number of aromatic nitrogens is 2. The summed E-state index contributed by atoms with van der Waals surface area (Å²) < 4.78 is 27.8. The molecule has 1 aromatic heterocycles. The summed E-state index contributed by atoms with van der Waals surface area (Å²) in [7, 11) is -3.63. The lowest BCUT2D eigenvalue weighted by molar-refractivity contribution is 0.102. The molecule has 0 bridgehead atoms. The van der Waals surface area contributed by atoms with Crippen LogP contribution in [0, 0.1) is 6.92 Å². The summed E-state index contributed by atoms with van der Waals surface area (Å²) in [6.45, 7) is 2.82. The number of sulfonamides is 1. The molecule has 3 aromatic rings. The molecule has 1 aliphatic rings. The van der Waals surface area contributed by atoms with Gasteiger partial charge in [0, 0.05) is 24.2 Å². The smallest absolute Gasteiger partial charge is 0.257 e. The SMILES string of the molecule is Cc1ccc(S(=O)(=O)N2CCCCCC2)cc1C(=O)Nc1nnc(-c2ccccc2)s1. The van der Waals surface area contributed by atoms with Crippen LogP contribution in [-0.2, 0) is 10.0 Å². The van der Waals surface area contributed by atoms with E-state index >= 15 is 0 Å². The van der Waals surface area contributed by atoms with Crippen LogP contribution in [0.2, 0.25) is 0 Å². The zero-order valence-corrected chi connectivity index (χ0v) is 18.9. The maximum Gasteiger partial charge on any atom is 0.257 e. The van der Waals surface area contributed by atoms with E-state index in [1.54, 1.807) is 19.1 Å². The molecule has 1 aliphatic heterocycles. The maximum absolute atomic E-state index is 13.1. The number of aryl methyl sites for hydroxylation is 1. The fourth-order valence-corrected chi connectivity index (χ4v) is 5.86. The minimum Gasteiger partial charge on any atom is -0.296 e. The second-order valence-corrected chi connectivity index (χ2v) is 10.4. The molecule has 0 atom stereocenters. The van der Waals surface area contributed by atoms with Gasteiger partial charge in [0.2, 0.25) is 15.2 Å². The third-order valence-electron chi connectivity index (χ3n) is 5.32. The zero-order valence-electron chi connectivity index (χ0n) is 17.2. The fourth-order valence-electron chi connectivity index (χ4n) is 3.57. The minimum absolute atomic E-state index is 0.146. The van der Waals surface area contributed by atoms with Gasteiger partial charge in [-0.25, -0.2) is 8.42 Å². The third kappa shape index (κ3) is 4.84. The second-order valence-electron chi connectivity index (χ2n) is 7.53. The lowest BCUT2D eigenvalue weighted by Crippen LogP contribution is -2.32. The summed E-state index contributed by atoms with van der Waals surface area (Å²) in [6, 6.07) is 14.3. The lowest BCUT2D eigenvalue weighted by atomic mass is 10.1. The van der Waals surface area contributed by atoms with Crippen LogP contribution in [0.3, 0.4) is 0 Å². The lowest BCUT2D eigenvalue weighted by Gasteiger charge is -2.20. The van der Waals surface area contributed by atoms with E-state index in [2.05, 4.69) is 15.5 Å². The van der Waals surface area contributed by atoms with Gasteiger partial charge in [0.1, 0.15) is 5.01 Å². The monoisotopic (exact) mass is 456 g/mol. The number of carbonyl (C=O) groups excluding carboxylic acids is 1. The minimum atomic E-state index is -3.63. The summed E-state index contributed by atoms with van der Waals surface area (Å²) in [5, 5.41) is 12.0. The fraction of sp³-hybridized carbons (Fsp3) is 0.318. The van der Waals surface area contributed by atoms with Crippen LogP contribution in [-0.4, -0.2) is 41.9 Å². The van der Waals surface area contributed by atoms with Crippen LogP contribution in [0.4, 0.5) is 5.13 Å². The van der Waals surface area contributed by atoms with Gasteiger partial charge in [-0.1, -0.05) is 60.6 Å². The molecule has 4 rings (SSSR count). The number of anilines is 1. The molecule has 162 valence electrons. The molecular formula is C22H24N4O3S2. The van der Waals surface area contributed by atoms with Crippen LogP contribution in [0.25, 0.3) is 10.6 Å². The summed E-state index contributed by atoms with van der Waals surface area (Å²) >= 11 is 1.27. The van der Waals surface area contributed by atoms with Crippen molar-refractivity contribution in [3.63, 3.8) is 0 Å². The molecule has 7 nitrogen and oxygen atoms in total. The number of nitrogens with one attached hydrogen (secondary N) is 1. The van der Waals surface area contributed by atoms with E-state index < -0.39 is 15.9 Å². The normalized spacial score (nSPS) is 15.4. The van der Waals surface area contributed by atoms with E-state index in [0.717, 1.165) is 31.2 Å². The van der Waals surface area contributed by atoms with E-state index in [1.165, 1.54) is 21.7 Å². The van der Waals surface area contributed by atoms with Crippen LogP contribution < -0.4 is 5.32 Å². The molecule has 31 heavy (non-hydrogen) atoms. The van der Waals surface area contributed by atoms with Gasteiger partial charge in [-0.3, -0.25) is 10.1 Å². The van der Waals surface area contributed by atoms with Crippen LogP contribution in [0.15, 0.2) is 53.4 Å². The Hall–Kier alpha value is -2.62. The van der Waals surface area contributed by atoms with Gasteiger partial charge in [0.15, 0.2) is 0 Å². The van der Waals surface area contributed by atoms with Crippen molar-refractivity contribution in [3.05, 3.63) is 59.7 Å². The van der Waals surface area contributed by atoms with Crippen LogP contribution in [0.1, 0.15) is 41.6 Å². The largest absolute Gasteiger partial charge is 0.296 e. The molecule has 1 fully saturated rings. The Morgan fingerprint density at radius 2 is 1.71 bits per heavy atom. The molecule has 0 spiro atoms. The summed E-state index contributed by atoms with van der Waals surface area (Å²) in [5.41, 5.74) is 1.93. The number of nitrogens with zero attached hydrogens (tertiary/aromatic N) is 3. The highest BCUT2D eigenvalue weighted by Crippen LogP contribution is 2.27. The number of hydrogen-bond donors (Lipinski definition) is 1. The first kappa shape index (κ1) is 21.6. The van der Waals surface area contributed by atoms with Gasteiger partial charge in [-0.05, 0) is 37.5 Å². The van der Waals surface area contributed by atoms with E-state index in [4.69, 9.17) is 0 Å². The summed E-state index contributed by atoms with van der Waals surface area (Å²) in [6.07, 6.45) is 3.80. The Kier molecular flexibility index (Phi) is 6.45. The van der Waals surface area contributed by atoms with Crippen molar-refractivity contribution in [1.29, 1.82) is 0 Å². The molecule has 9 heteroatoms. The molecule has 0 aliphatic carbocycles. The van der Waals surface area contributed by atoms with Crippen LogP contribution >= 0.6 is 11.3 Å². The Morgan fingerprint density at radius 3 is 2.42 bits per heavy atom. The molecule has 1 saturated heterocycles. The number of carbonyl (C=O) groups is 1. The maximum atomic E-state index is 13.1. The first-order valence-corrected chi connectivity index (χ1v) is 12.5. The van der Waals surface area contributed by atoms with Crippen molar-refractivity contribution in [1.82, 2.24) is 14.5 Å². The average Bonchev–Trinajstić information content (AvgIpc) is 3.05. The van der Waals surface area contributed by atoms with E-state index in [1.807, 2.05) is 30.3 Å². The average molecular weight is 457 g/mol. The summed E-state index contributed by atoms with van der Waals surface area (Å²) in [5.74, 6) is -0.402.